The van der Waals surface area contributed by atoms with E-state index in [0.29, 0.717) is 0 Å². The summed E-state index contributed by atoms with van der Waals surface area (Å²) >= 11 is 0. The molecule has 0 spiro atoms. The summed E-state index contributed by atoms with van der Waals surface area (Å²) in [5.41, 5.74) is 34.8. The summed E-state index contributed by atoms with van der Waals surface area (Å²) in [5, 5.41) is 7.86. The van der Waals surface area contributed by atoms with Gasteiger partial charge in [-0.3, -0.25) is 0 Å². The molecule has 0 N–H and O–H groups in total. The molecule has 0 nitrogen and oxygen atoms in total. The Balaban J connectivity index is 1.03. The molecule has 0 fully saturated rings. The summed E-state index contributed by atoms with van der Waals surface area (Å²) in [6, 6.07) is 62.9. The maximum atomic E-state index is 2.73. The zero-order valence-electron chi connectivity index (χ0n) is 54.4. The predicted molar refractivity (Wildman–Crippen MR) is 381 cm³/mol. The first-order valence-electron chi connectivity index (χ1n) is 32.7. The van der Waals surface area contributed by atoms with Crippen molar-refractivity contribution >= 4 is 71.3 Å². The van der Waals surface area contributed by atoms with Gasteiger partial charge >= 0.3 is 0 Å². The molecule has 9 aromatic carbocycles. The van der Waals surface area contributed by atoms with Crippen molar-refractivity contribution in [1.82, 2.24) is 0 Å². The van der Waals surface area contributed by atoms with Crippen molar-refractivity contribution < 1.29 is 0 Å². The summed E-state index contributed by atoms with van der Waals surface area (Å²) < 4.78 is 0. The second-order valence-electron chi connectivity index (χ2n) is 30.9. The molecule has 6 aliphatic rings. The van der Waals surface area contributed by atoms with Crippen LogP contribution in [0.3, 0.4) is 0 Å². The van der Waals surface area contributed by atoms with Crippen LogP contribution in [-0.4, -0.2) is 0 Å². The molecule has 15 rings (SSSR count). The number of rotatable bonds is 6. The van der Waals surface area contributed by atoms with Crippen molar-refractivity contribution in [2.24, 2.45) is 23.2 Å². The fraction of sp³-hybridized carbons (Fsp3) is 0.273. The van der Waals surface area contributed by atoms with Crippen LogP contribution in [0.5, 0.6) is 0 Å². The highest BCUT2D eigenvalue weighted by molar-refractivity contribution is 6.25. The molecular formula is C88H84. The predicted octanol–water partition coefficient (Wildman–Crippen LogP) is 24.2. The first-order valence-corrected chi connectivity index (χ1v) is 32.7. The highest BCUT2D eigenvalue weighted by atomic mass is 14.5. The topological polar surface area (TPSA) is 0 Å². The van der Waals surface area contributed by atoms with Crippen LogP contribution in [0.1, 0.15) is 169 Å². The van der Waals surface area contributed by atoms with E-state index in [0.717, 1.165) is 19.3 Å². The first kappa shape index (κ1) is 56.2. The third-order valence-corrected chi connectivity index (χ3v) is 21.1. The van der Waals surface area contributed by atoms with Gasteiger partial charge in [-0.25, -0.2) is 0 Å². The van der Waals surface area contributed by atoms with Gasteiger partial charge in [0, 0.05) is 17.8 Å². The lowest BCUT2D eigenvalue weighted by molar-refractivity contribution is 0.482. The van der Waals surface area contributed by atoms with E-state index >= 15 is 0 Å². The molecule has 0 saturated heterocycles. The van der Waals surface area contributed by atoms with Gasteiger partial charge in [-0.05, 0) is 257 Å². The van der Waals surface area contributed by atoms with Crippen LogP contribution >= 0.6 is 0 Å². The minimum absolute atomic E-state index is 0.0306. The SMILES string of the molecule is Cc1cc2c(-c3ccc(C(C)(C)C)cc3)c3cc4c(cc3c(-c3ccc(C(C)(C)C)cc3)c2cc1C)C1=CC(C2C=CC=C(c3ccc(C(C)(C)C)cc3)C2)=C2c3cc5ccccc5cc3C3=C(c5cccc(C6=CC=C(C(C)(C)C)CC6)c5)C=C4C1C32. The molecule has 3 unspecified atom stereocenters. The van der Waals surface area contributed by atoms with E-state index in [4.69, 9.17) is 0 Å². The lowest BCUT2D eigenvalue weighted by Gasteiger charge is -2.37. The zero-order chi connectivity index (χ0) is 61.1. The van der Waals surface area contributed by atoms with Crippen molar-refractivity contribution in [3.8, 4) is 22.3 Å². The summed E-state index contributed by atoms with van der Waals surface area (Å²) in [7, 11) is 0. The Labute approximate surface area is 524 Å². The van der Waals surface area contributed by atoms with Crippen molar-refractivity contribution in [1.29, 1.82) is 0 Å². The van der Waals surface area contributed by atoms with Crippen molar-refractivity contribution in [3.63, 3.8) is 0 Å². The standard InChI is InChI=1S/C88H84/c1-51-41-71-72(42-52(51)2)80(56-31-39-66(40-32-56)88(12,13)14)78-50-70-69(49-77(78)79(71)55-29-37-65(38-30-55)87(9,10)11)75-47-67(61-23-17-21-57(43-61)53-25-33-63(34-26-53)85(3,4)5)81-73-45-59-19-15-16-20-60(59)46-74(73)82-68(48-76(70)83(75)84(81)82)62-24-18-22-58(44-62)54-27-35-64(36-28-54)86(6,7)8/h15-27,29-35,37-42,44-50,61,83-84H,28,36,43H2,1-14H3. The van der Waals surface area contributed by atoms with Crippen LogP contribution < -0.4 is 0 Å². The highest BCUT2D eigenvalue weighted by Crippen LogP contribution is 2.68. The van der Waals surface area contributed by atoms with Crippen LogP contribution in [0.15, 0.2) is 211 Å². The van der Waals surface area contributed by atoms with Gasteiger partial charge in [0.1, 0.15) is 0 Å². The Morgan fingerprint density at radius 3 is 1.39 bits per heavy atom. The van der Waals surface area contributed by atoms with E-state index in [9.17, 15) is 0 Å². The molecular weight excluding hydrogens is 1060 g/mol. The maximum Gasteiger partial charge on any atom is 0.0221 e. The van der Waals surface area contributed by atoms with Gasteiger partial charge in [-0.15, -0.1) is 0 Å². The van der Waals surface area contributed by atoms with Gasteiger partial charge in [0.15, 0.2) is 0 Å². The molecule has 0 heteroatoms. The highest BCUT2D eigenvalue weighted by Gasteiger charge is 2.51. The van der Waals surface area contributed by atoms with Crippen LogP contribution in [0.2, 0.25) is 0 Å². The maximum absolute atomic E-state index is 2.73. The average Bonchev–Trinajstić information content (AvgIpc) is 1.52. The fourth-order valence-corrected chi connectivity index (χ4v) is 16.0. The molecule has 0 bridgehead atoms. The molecule has 3 atom stereocenters. The minimum atomic E-state index is 0.0306. The molecule has 0 radical (unpaired) electrons. The van der Waals surface area contributed by atoms with Gasteiger partial charge in [0.2, 0.25) is 0 Å². The molecule has 0 saturated carbocycles. The van der Waals surface area contributed by atoms with E-state index in [1.165, 1.54) is 171 Å². The summed E-state index contributed by atoms with van der Waals surface area (Å²) in [4.78, 5) is 0. The fourth-order valence-electron chi connectivity index (χ4n) is 16.0. The van der Waals surface area contributed by atoms with Crippen LogP contribution in [0.4, 0.5) is 0 Å². The van der Waals surface area contributed by atoms with Crippen molar-refractivity contribution in [2.75, 3.05) is 0 Å². The van der Waals surface area contributed by atoms with Crippen molar-refractivity contribution in [2.45, 2.75) is 132 Å². The van der Waals surface area contributed by atoms with Gasteiger partial charge in [0.25, 0.3) is 0 Å². The molecule has 0 aromatic heterocycles. The number of benzene rings is 9. The number of fused-ring (bicyclic) bond motifs is 9. The van der Waals surface area contributed by atoms with E-state index in [-0.39, 0.29) is 39.4 Å². The van der Waals surface area contributed by atoms with E-state index < -0.39 is 0 Å². The number of hydrogen-bond acceptors (Lipinski definition) is 0. The third-order valence-electron chi connectivity index (χ3n) is 21.1. The number of allylic oxidation sites excluding steroid dienone is 16. The molecule has 0 amide bonds. The Morgan fingerprint density at radius 2 is 0.875 bits per heavy atom. The second kappa shape index (κ2) is 20.1. The smallest absolute Gasteiger partial charge is 0.0221 e. The molecule has 0 heterocycles. The largest absolute Gasteiger partial charge is 0.0767 e. The quantitative estimate of drug-likeness (QED) is 0.146. The lowest BCUT2D eigenvalue weighted by Crippen LogP contribution is -2.23. The van der Waals surface area contributed by atoms with Crippen molar-refractivity contribution in [3.05, 3.63) is 278 Å². The van der Waals surface area contributed by atoms with Crippen LogP contribution in [0, 0.1) is 37.0 Å². The van der Waals surface area contributed by atoms with Gasteiger partial charge in [0.05, 0.1) is 0 Å². The lowest BCUT2D eigenvalue weighted by atomic mass is 9.66. The molecule has 88 heavy (non-hydrogen) atoms. The summed E-state index contributed by atoms with van der Waals surface area (Å²) in [5.74, 6) is 0.434. The number of aryl methyl sites for hydroxylation is 2. The van der Waals surface area contributed by atoms with E-state index in [2.05, 4.69) is 297 Å². The molecule has 6 aliphatic carbocycles. The first-order chi connectivity index (χ1) is 42.0. The van der Waals surface area contributed by atoms with Crippen LogP contribution in [0.25, 0.3) is 93.6 Å². The van der Waals surface area contributed by atoms with E-state index in [1.54, 1.807) is 0 Å². The summed E-state index contributed by atoms with van der Waals surface area (Å²) in [6.07, 6.45) is 20.6. The average molecular weight is 1140 g/mol. The Morgan fingerprint density at radius 1 is 0.375 bits per heavy atom. The monoisotopic (exact) mass is 1140 g/mol. The Kier molecular flexibility index (Phi) is 12.8. The third kappa shape index (κ3) is 9.21. The molecule has 0 aliphatic heterocycles. The zero-order valence-corrected chi connectivity index (χ0v) is 54.4. The molecule has 9 aromatic rings. The Hall–Kier alpha value is -8.32. The Bertz CT molecular complexity index is 4740. The minimum Gasteiger partial charge on any atom is -0.0767 e. The van der Waals surface area contributed by atoms with Gasteiger partial charge in [-0.1, -0.05) is 253 Å². The molecule has 436 valence electrons. The van der Waals surface area contributed by atoms with E-state index in [1.807, 2.05) is 0 Å². The van der Waals surface area contributed by atoms with Crippen LogP contribution in [-0.2, 0) is 16.2 Å². The van der Waals surface area contributed by atoms with Gasteiger partial charge in [-0.2, -0.15) is 0 Å². The van der Waals surface area contributed by atoms with Gasteiger partial charge < -0.3 is 0 Å². The normalized spacial score (nSPS) is 19.0. The summed E-state index contributed by atoms with van der Waals surface area (Å²) in [6.45, 7) is 32.6. The second-order valence-corrected chi connectivity index (χ2v) is 30.9. The number of hydrogen-bond donors (Lipinski definition) is 0.